The Morgan fingerprint density at radius 2 is 1.48 bits per heavy atom. The van der Waals surface area contributed by atoms with Gasteiger partial charge in [0.2, 0.25) is 0 Å². The van der Waals surface area contributed by atoms with Crippen LogP contribution in [0.2, 0.25) is 0 Å². The van der Waals surface area contributed by atoms with E-state index in [1.165, 1.54) is 83.5 Å². The first-order chi connectivity index (χ1) is 12.1. The summed E-state index contributed by atoms with van der Waals surface area (Å²) in [5.41, 5.74) is 0.404. The maximum atomic E-state index is 12.1. The van der Waals surface area contributed by atoms with Gasteiger partial charge in [-0.05, 0) is 37.5 Å². The fourth-order valence-electron chi connectivity index (χ4n) is 6.01. The van der Waals surface area contributed by atoms with Crippen molar-refractivity contribution in [3.05, 3.63) is 0 Å². The zero-order chi connectivity index (χ0) is 17.8. The van der Waals surface area contributed by atoms with Crippen LogP contribution < -0.4 is 0 Å². The van der Waals surface area contributed by atoms with Crippen LogP contribution in [0.25, 0.3) is 0 Å². The number of hydrogen-bond donors (Lipinski definition) is 0. The van der Waals surface area contributed by atoms with Gasteiger partial charge in [-0.3, -0.25) is 4.79 Å². The average Bonchev–Trinajstić information content (AvgIpc) is 2.99. The molecule has 0 aromatic carbocycles. The molecular weight excluding hydrogens is 308 g/mol. The molecule has 4 aliphatic rings. The van der Waals surface area contributed by atoms with Crippen molar-refractivity contribution < 1.29 is 9.53 Å². The van der Waals surface area contributed by atoms with E-state index in [1.54, 1.807) is 0 Å². The minimum absolute atomic E-state index is 0.0200. The molecule has 0 aromatic rings. The molecule has 25 heavy (non-hydrogen) atoms. The van der Waals surface area contributed by atoms with E-state index in [4.69, 9.17) is 4.74 Å². The zero-order valence-corrected chi connectivity index (χ0v) is 16.8. The van der Waals surface area contributed by atoms with Crippen LogP contribution in [-0.4, -0.2) is 12.6 Å². The van der Waals surface area contributed by atoms with Gasteiger partial charge in [0.25, 0.3) is 0 Å². The van der Waals surface area contributed by atoms with Crippen LogP contribution in [0.15, 0.2) is 0 Å². The molecule has 1 unspecified atom stereocenters. The van der Waals surface area contributed by atoms with Crippen molar-refractivity contribution in [1.29, 1.82) is 0 Å². The molecule has 0 spiro atoms. The van der Waals surface area contributed by atoms with Crippen LogP contribution in [0.1, 0.15) is 110 Å². The lowest BCUT2D eigenvalue weighted by Gasteiger charge is -2.51. The van der Waals surface area contributed by atoms with Gasteiger partial charge in [0.15, 0.2) is 0 Å². The Kier molecular flexibility index (Phi) is 6.49. The number of carbonyl (C=O) groups excluding carboxylic acids is 1. The van der Waals surface area contributed by atoms with Gasteiger partial charge < -0.3 is 4.74 Å². The van der Waals surface area contributed by atoms with Gasteiger partial charge in [-0.1, -0.05) is 84.5 Å². The molecule has 1 aliphatic heterocycles. The smallest absolute Gasteiger partial charge is 0.312 e. The molecule has 0 amide bonds. The molecule has 4 fully saturated rings. The largest absolute Gasteiger partial charge is 0.465 e. The highest BCUT2D eigenvalue weighted by molar-refractivity contribution is 5.81. The highest BCUT2D eigenvalue weighted by Crippen LogP contribution is 2.73. The predicted molar refractivity (Wildman–Crippen MR) is 103 cm³/mol. The van der Waals surface area contributed by atoms with Crippen molar-refractivity contribution in [3.8, 4) is 0 Å². The molecule has 2 heteroatoms. The van der Waals surface area contributed by atoms with Crippen LogP contribution in [0.3, 0.4) is 0 Å². The first-order valence-corrected chi connectivity index (χ1v) is 11.2. The minimum Gasteiger partial charge on any atom is -0.465 e. The van der Waals surface area contributed by atoms with Crippen molar-refractivity contribution in [2.24, 2.45) is 22.7 Å². The molecule has 0 N–H and O–H groups in total. The lowest BCUT2D eigenvalue weighted by Crippen LogP contribution is -2.53. The van der Waals surface area contributed by atoms with E-state index >= 15 is 0 Å². The highest BCUT2D eigenvalue weighted by Gasteiger charge is 2.73. The number of unbranched alkanes of at least 4 members (excludes halogenated alkanes) is 9. The molecule has 1 saturated heterocycles. The summed E-state index contributed by atoms with van der Waals surface area (Å²) in [4.78, 5) is 12.1. The van der Waals surface area contributed by atoms with Gasteiger partial charge in [-0.25, -0.2) is 0 Å². The summed E-state index contributed by atoms with van der Waals surface area (Å²) in [5, 5.41) is 0. The molecule has 3 saturated carbocycles. The molecular formula is C23H40O2. The Bertz CT molecular complexity index is 433. The van der Waals surface area contributed by atoms with E-state index in [1.807, 2.05) is 0 Å². The standard InChI is InChI=1S/C23H40O2/c1-19(2)13-11-9-7-5-3-4-6-8-10-12-14-20-15-22-16-23(20,17-22)21(24)25-18-22/h19-20H,3-18H2,1-2H3. The third-order valence-electron chi connectivity index (χ3n) is 7.34. The molecule has 4 rings (SSSR count). The third kappa shape index (κ3) is 4.42. The summed E-state index contributed by atoms with van der Waals surface area (Å²) in [6.45, 7) is 5.38. The van der Waals surface area contributed by atoms with Crippen LogP contribution >= 0.6 is 0 Å². The summed E-state index contributed by atoms with van der Waals surface area (Å²) in [6, 6.07) is 0. The van der Waals surface area contributed by atoms with E-state index in [0.717, 1.165) is 25.4 Å². The maximum absolute atomic E-state index is 12.1. The highest BCUT2D eigenvalue weighted by atomic mass is 16.5. The van der Waals surface area contributed by atoms with E-state index < -0.39 is 0 Å². The average molecular weight is 349 g/mol. The van der Waals surface area contributed by atoms with Crippen molar-refractivity contribution in [2.45, 2.75) is 110 Å². The Hall–Kier alpha value is -0.530. The van der Waals surface area contributed by atoms with E-state index in [2.05, 4.69) is 13.8 Å². The Morgan fingerprint density at radius 1 is 0.920 bits per heavy atom. The van der Waals surface area contributed by atoms with Gasteiger partial charge >= 0.3 is 5.97 Å². The van der Waals surface area contributed by atoms with Gasteiger partial charge in [-0.2, -0.15) is 0 Å². The normalized spacial score (nSPS) is 32.8. The van der Waals surface area contributed by atoms with Crippen LogP contribution in [0.4, 0.5) is 0 Å². The van der Waals surface area contributed by atoms with E-state index in [9.17, 15) is 4.79 Å². The van der Waals surface area contributed by atoms with Crippen molar-refractivity contribution in [1.82, 2.24) is 0 Å². The number of fused-ring (bicyclic) bond motifs is 1. The predicted octanol–water partition coefficient (Wildman–Crippen LogP) is 6.67. The first kappa shape index (κ1) is 19.2. The minimum atomic E-state index is -0.0200. The van der Waals surface area contributed by atoms with Gasteiger partial charge in [-0.15, -0.1) is 0 Å². The van der Waals surface area contributed by atoms with Crippen molar-refractivity contribution in [2.75, 3.05) is 6.61 Å². The fraction of sp³-hybridized carbons (Fsp3) is 0.957. The fourth-order valence-corrected chi connectivity index (χ4v) is 6.01. The number of cyclic esters (lactones) is 1. The topological polar surface area (TPSA) is 26.3 Å². The summed E-state index contributed by atoms with van der Waals surface area (Å²) in [5.74, 6) is 1.66. The SMILES string of the molecule is CC(C)CCCCCCCCCCCCC1CC23COC(=O)C1(C2)C3. The third-order valence-corrected chi connectivity index (χ3v) is 7.34. The molecule has 1 atom stereocenters. The lowest BCUT2D eigenvalue weighted by atomic mass is 9.57. The van der Waals surface area contributed by atoms with Gasteiger partial charge in [0, 0.05) is 5.41 Å². The van der Waals surface area contributed by atoms with Crippen molar-refractivity contribution in [3.63, 3.8) is 0 Å². The Morgan fingerprint density at radius 3 is 2.08 bits per heavy atom. The summed E-state index contributed by atoms with van der Waals surface area (Å²) < 4.78 is 5.42. The second-order valence-corrected chi connectivity index (χ2v) is 9.99. The quantitative estimate of drug-likeness (QED) is 0.274. The lowest BCUT2D eigenvalue weighted by molar-refractivity contribution is -0.191. The monoisotopic (exact) mass is 348 g/mol. The molecule has 0 aromatic heterocycles. The number of ether oxygens (including phenoxy) is 1. The second-order valence-electron chi connectivity index (χ2n) is 9.99. The van der Waals surface area contributed by atoms with Crippen LogP contribution in [-0.2, 0) is 9.53 Å². The molecule has 1 heterocycles. The number of carbonyl (C=O) groups is 1. The van der Waals surface area contributed by atoms with E-state index in [-0.39, 0.29) is 11.4 Å². The summed E-state index contributed by atoms with van der Waals surface area (Å²) >= 11 is 0. The van der Waals surface area contributed by atoms with Crippen LogP contribution in [0, 0.1) is 22.7 Å². The molecule has 3 aliphatic carbocycles. The van der Waals surface area contributed by atoms with Crippen molar-refractivity contribution >= 4 is 5.97 Å². The second kappa shape index (κ2) is 8.44. The maximum Gasteiger partial charge on any atom is 0.312 e. The van der Waals surface area contributed by atoms with E-state index in [0.29, 0.717) is 11.3 Å². The van der Waals surface area contributed by atoms with Crippen LogP contribution in [0.5, 0.6) is 0 Å². The Labute approximate surface area is 155 Å². The van der Waals surface area contributed by atoms with Gasteiger partial charge in [0.05, 0.1) is 12.0 Å². The summed E-state index contributed by atoms with van der Waals surface area (Å²) in [7, 11) is 0. The Balaban J connectivity index is 1.14. The number of hydrogen-bond acceptors (Lipinski definition) is 2. The zero-order valence-electron chi connectivity index (χ0n) is 16.8. The number of esters is 1. The molecule has 2 nitrogen and oxygen atoms in total. The molecule has 0 radical (unpaired) electrons. The summed E-state index contributed by atoms with van der Waals surface area (Å²) in [6.07, 6.45) is 20.3. The molecule has 2 bridgehead atoms. The number of rotatable bonds is 13. The first-order valence-electron chi connectivity index (χ1n) is 11.2. The van der Waals surface area contributed by atoms with Gasteiger partial charge in [0.1, 0.15) is 0 Å². The molecule has 144 valence electrons.